The molecular weight excluding hydrogens is 222 g/mol. The molecule has 0 amide bonds. The Morgan fingerprint density at radius 3 is 2.82 bits per heavy atom. The molecule has 0 fully saturated rings. The number of hydrogen-bond donors (Lipinski definition) is 1. The highest BCUT2D eigenvalue weighted by atomic mass is 16.5. The zero-order valence-corrected chi connectivity index (χ0v) is 9.23. The predicted molar refractivity (Wildman–Crippen MR) is 58.9 cm³/mol. The summed E-state index contributed by atoms with van der Waals surface area (Å²) < 4.78 is 9.81. The number of aromatic nitrogens is 1. The van der Waals surface area contributed by atoms with Gasteiger partial charge in [-0.05, 0) is 25.1 Å². The van der Waals surface area contributed by atoms with E-state index in [9.17, 15) is 9.59 Å². The first-order chi connectivity index (χ1) is 8.18. The van der Waals surface area contributed by atoms with Gasteiger partial charge in [0, 0.05) is 11.8 Å². The number of H-pyrrole nitrogens is 1. The van der Waals surface area contributed by atoms with Gasteiger partial charge in [-0.2, -0.15) is 0 Å². The van der Waals surface area contributed by atoms with Crippen molar-refractivity contribution in [1.29, 1.82) is 0 Å². The minimum absolute atomic E-state index is 0.129. The summed E-state index contributed by atoms with van der Waals surface area (Å²) in [6, 6.07) is 4.98. The van der Waals surface area contributed by atoms with E-state index in [1.807, 2.05) is 0 Å². The van der Waals surface area contributed by atoms with Crippen LogP contribution in [-0.2, 0) is 4.74 Å². The molecule has 0 spiro atoms. The number of ketones is 1. The SMILES string of the molecule is Cc1ccoc1C(=O)OCC(=O)c1ccc[nH]1. The molecule has 1 N–H and O–H groups in total. The molecule has 5 heteroatoms. The standard InChI is InChI=1S/C12H11NO4/c1-8-4-6-16-11(8)12(15)17-7-10(14)9-3-2-5-13-9/h2-6,13H,7H2,1H3. The largest absolute Gasteiger partial charge is 0.457 e. The first-order valence-corrected chi connectivity index (χ1v) is 5.06. The second-order valence-electron chi connectivity index (χ2n) is 3.52. The molecule has 17 heavy (non-hydrogen) atoms. The topological polar surface area (TPSA) is 72.3 Å². The number of carbonyl (C=O) groups excluding carboxylic acids is 2. The van der Waals surface area contributed by atoms with Crippen LogP contribution in [-0.4, -0.2) is 23.3 Å². The highest BCUT2D eigenvalue weighted by Gasteiger charge is 2.16. The van der Waals surface area contributed by atoms with Gasteiger partial charge in [-0.1, -0.05) is 0 Å². The molecule has 2 aromatic rings. The van der Waals surface area contributed by atoms with Crippen LogP contribution in [0.15, 0.2) is 35.1 Å². The van der Waals surface area contributed by atoms with Crippen molar-refractivity contribution in [3.8, 4) is 0 Å². The summed E-state index contributed by atoms with van der Waals surface area (Å²) in [5, 5.41) is 0. The van der Waals surface area contributed by atoms with Gasteiger partial charge in [0.05, 0.1) is 12.0 Å². The van der Waals surface area contributed by atoms with Crippen molar-refractivity contribution >= 4 is 11.8 Å². The number of aryl methyl sites for hydroxylation is 1. The summed E-state index contributed by atoms with van der Waals surface area (Å²) in [7, 11) is 0. The first-order valence-electron chi connectivity index (χ1n) is 5.06. The molecule has 0 atom stereocenters. The number of nitrogens with one attached hydrogen (secondary N) is 1. The van der Waals surface area contributed by atoms with Gasteiger partial charge in [-0.25, -0.2) is 4.79 Å². The van der Waals surface area contributed by atoms with E-state index in [4.69, 9.17) is 9.15 Å². The summed E-state index contributed by atoms with van der Waals surface area (Å²) >= 11 is 0. The summed E-state index contributed by atoms with van der Waals surface area (Å²) in [4.78, 5) is 25.8. The third-order valence-electron chi connectivity index (χ3n) is 2.28. The van der Waals surface area contributed by atoms with Crippen molar-refractivity contribution < 1.29 is 18.7 Å². The Hall–Kier alpha value is -2.30. The van der Waals surface area contributed by atoms with Gasteiger partial charge in [0.15, 0.2) is 6.61 Å². The Labute approximate surface area is 97.4 Å². The quantitative estimate of drug-likeness (QED) is 0.647. The van der Waals surface area contributed by atoms with E-state index in [-0.39, 0.29) is 18.2 Å². The first kappa shape index (κ1) is 11.2. The van der Waals surface area contributed by atoms with Crippen LogP contribution in [0.3, 0.4) is 0 Å². The monoisotopic (exact) mass is 233 g/mol. The average Bonchev–Trinajstić information content (AvgIpc) is 2.95. The maximum absolute atomic E-state index is 11.5. The van der Waals surface area contributed by atoms with Gasteiger partial charge in [0.1, 0.15) is 0 Å². The lowest BCUT2D eigenvalue weighted by Gasteiger charge is -2.01. The summed E-state index contributed by atoms with van der Waals surface area (Å²) in [5.74, 6) is -0.788. The van der Waals surface area contributed by atoms with Crippen molar-refractivity contribution in [1.82, 2.24) is 4.98 Å². The van der Waals surface area contributed by atoms with Gasteiger partial charge in [0.2, 0.25) is 11.5 Å². The molecule has 0 radical (unpaired) electrons. The Morgan fingerprint density at radius 2 is 2.24 bits per heavy atom. The van der Waals surface area contributed by atoms with Crippen molar-refractivity contribution in [2.24, 2.45) is 0 Å². The molecule has 0 aliphatic heterocycles. The molecule has 0 unspecified atom stereocenters. The molecule has 2 rings (SSSR count). The lowest BCUT2D eigenvalue weighted by Crippen LogP contribution is -2.14. The number of rotatable bonds is 4. The van der Waals surface area contributed by atoms with E-state index in [1.54, 1.807) is 31.3 Å². The lowest BCUT2D eigenvalue weighted by molar-refractivity contribution is 0.0442. The van der Waals surface area contributed by atoms with Gasteiger partial charge in [-0.3, -0.25) is 4.79 Å². The second kappa shape index (κ2) is 4.69. The van der Waals surface area contributed by atoms with Crippen LogP contribution < -0.4 is 0 Å². The number of aromatic amines is 1. The number of ether oxygens (including phenoxy) is 1. The van der Waals surface area contributed by atoms with E-state index >= 15 is 0 Å². The number of hydrogen-bond acceptors (Lipinski definition) is 4. The van der Waals surface area contributed by atoms with Crippen LogP contribution >= 0.6 is 0 Å². The summed E-state index contributed by atoms with van der Waals surface area (Å²) in [6.45, 7) is 1.42. The van der Waals surface area contributed by atoms with Crippen LogP contribution in [0.4, 0.5) is 0 Å². The molecule has 0 aliphatic carbocycles. The molecule has 0 saturated heterocycles. The molecule has 88 valence electrons. The summed E-state index contributed by atoms with van der Waals surface area (Å²) in [5.41, 5.74) is 1.09. The third kappa shape index (κ3) is 2.44. The van der Waals surface area contributed by atoms with E-state index in [0.717, 1.165) is 0 Å². The Morgan fingerprint density at radius 1 is 1.41 bits per heavy atom. The second-order valence-corrected chi connectivity index (χ2v) is 3.52. The number of Topliss-reactive ketones (excluding diaryl/α,β-unsaturated/α-hetero) is 1. The van der Waals surface area contributed by atoms with Gasteiger partial charge in [0.25, 0.3) is 0 Å². The van der Waals surface area contributed by atoms with Crippen LogP contribution in [0.5, 0.6) is 0 Å². The van der Waals surface area contributed by atoms with E-state index in [0.29, 0.717) is 11.3 Å². The maximum Gasteiger partial charge on any atom is 0.374 e. The number of carbonyl (C=O) groups is 2. The van der Waals surface area contributed by atoms with Crippen molar-refractivity contribution in [2.75, 3.05) is 6.61 Å². The highest BCUT2D eigenvalue weighted by molar-refractivity contribution is 5.97. The Bertz CT molecular complexity index is 524. The number of esters is 1. The van der Waals surface area contributed by atoms with Crippen LogP contribution in [0, 0.1) is 6.92 Å². The fourth-order valence-electron chi connectivity index (χ4n) is 1.36. The minimum Gasteiger partial charge on any atom is -0.457 e. The molecule has 0 bridgehead atoms. The Kier molecular flexibility index (Phi) is 3.09. The molecule has 2 aromatic heterocycles. The molecule has 0 aromatic carbocycles. The van der Waals surface area contributed by atoms with Crippen LogP contribution in [0.1, 0.15) is 26.6 Å². The smallest absolute Gasteiger partial charge is 0.374 e. The van der Waals surface area contributed by atoms with Crippen LogP contribution in [0.25, 0.3) is 0 Å². The van der Waals surface area contributed by atoms with Crippen LogP contribution in [0.2, 0.25) is 0 Å². The molecule has 2 heterocycles. The fraction of sp³-hybridized carbons (Fsp3) is 0.167. The third-order valence-corrected chi connectivity index (χ3v) is 2.28. The van der Waals surface area contributed by atoms with Gasteiger partial charge < -0.3 is 14.1 Å². The molecular formula is C12H11NO4. The highest BCUT2D eigenvalue weighted by Crippen LogP contribution is 2.10. The van der Waals surface area contributed by atoms with Crippen molar-refractivity contribution in [3.63, 3.8) is 0 Å². The predicted octanol–water partition coefficient (Wildman–Crippen LogP) is 1.96. The molecule has 0 aliphatic rings. The van der Waals surface area contributed by atoms with E-state index in [2.05, 4.69) is 4.98 Å². The zero-order valence-electron chi connectivity index (χ0n) is 9.23. The zero-order chi connectivity index (χ0) is 12.3. The fourth-order valence-corrected chi connectivity index (χ4v) is 1.36. The van der Waals surface area contributed by atoms with Crippen molar-refractivity contribution in [2.45, 2.75) is 6.92 Å². The normalized spacial score (nSPS) is 10.2. The summed E-state index contributed by atoms with van der Waals surface area (Å²) in [6.07, 6.45) is 3.03. The van der Waals surface area contributed by atoms with E-state index in [1.165, 1.54) is 6.26 Å². The molecule has 0 saturated carbocycles. The van der Waals surface area contributed by atoms with E-state index < -0.39 is 5.97 Å². The van der Waals surface area contributed by atoms with Crippen molar-refractivity contribution in [3.05, 3.63) is 47.7 Å². The maximum atomic E-state index is 11.5. The molecule has 5 nitrogen and oxygen atoms in total. The lowest BCUT2D eigenvalue weighted by atomic mass is 10.3. The minimum atomic E-state index is -0.632. The average molecular weight is 233 g/mol. The van der Waals surface area contributed by atoms with Gasteiger partial charge in [-0.15, -0.1) is 0 Å². The number of furan rings is 1. The van der Waals surface area contributed by atoms with Gasteiger partial charge >= 0.3 is 5.97 Å². The Balaban J connectivity index is 1.93.